The van der Waals surface area contributed by atoms with Gasteiger partial charge in [-0.05, 0) is 35.9 Å². The fourth-order valence-corrected chi connectivity index (χ4v) is 3.60. The Kier molecular flexibility index (Phi) is 3.51. The van der Waals surface area contributed by atoms with Crippen LogP contribution in [-0.4, -0.2) is 4.89 Å². The minimum atomic E-state index is -3.78. The quantitative estimate of drug-likeness (QED) is 0.712. The number of hydrogen-bond donors (Lipinski definition) is 1. The van der Waals surface area contributed by atoms with Crippen LogP contribution in [0.2, 0.25) is 5.02 Å². The maximum absolute atomic E-state index is 11.9. The van der Waals surface area contributed by atoms with E-state index < -0.39 is 7.60 Å². The molecule has 0 amide bonds. The molecule has 0 aromatic heterocycles. The number of fused-ring (bicyclic) bond motifs is 1. The fourth-order valence-electron chi connectivity index (χ4n) is 2.05. The summed E-state index contributed by atoms with van der Waals surface area (Å²) < 4.78 is 18.0. The molecule has 3 nitrogen and oxygen atoms in total. The number of halogens is 2. The molecule has 1 heterocycles. The Balaban J connectivity index is 2.22. The molecule has 3 rings (SSSR count). The maximum atomic E-state index is 11.9. The van der Waals surface area contributed by atoms with Crippen LogP contribution < -0.4 is 4.52 Å². The molecule has 2 aromatic rings. The van der Waals surface area contributed by atoms with Gasteiger partial charge in [-0.2, -0.15) is 0 Å². The van der Waals surface area contributed by atoms with Gasteiger partial charge >= 0.3 is 7.60 Å². The molecular formula is C14H9BrClO3P. The number of benzene rings is 2. The van der Waals surface area contributed by atoms with Crippen molar-refractivity contribution in [1.82, 2.24) is 0 Å². The summed E-state index contributed by atoms with van der Waals surface area (Å²) in [5.74, 6) is 1.62. The van der Waals surface area contributed by atoms with Crippen LogP contribution in [0.4, 0.5) is 0 Å². The average molecular weight is 372 g/mol. The first-order valence-corrected chi connectivity index (χ1v) is 8.57. The Morgan fingerprint density at radius 1 is 1.15 bits per heavy atom. The Bertz CT molecular complexity index is 756. The molecule has 0 aliphatic carbocycles. The molecule has 0 saturated heterocycles. The van der Waals surface area contributed by atoms with Gasteiger partial charge in [-0.3, -0.25) is 0 Å². The first-order chi connectivity index (χ1) is 9.44. The zero-order valence-electron chi connectivity index (χ0n) is 10.1. The molecule has 20 heavy (non-hydrogen) atoms. The molecule has 2 aromatic carbocycles. The topological polar surface area (TPSA) is 46.5 Å². The molecule has 1 N–H and O–H groups in total. The van der Waals surface area contributed by atoms with Crippen LogP contribution in [0.1, 0.15) is 11.1 Å². The third-order valence-electron chi connectivity index (χ3n) is 2.91. The van der Waals surface area contributed by atoms with Crippen molar-refractivity contribution in [1.29, 1.82) is 0 Å². The van der Waals surface area contributed by atoms with E-state index in [0.29, 0.717) is 21.9 Å². The van der Waals surface area contributed by atoms with Crippen molar-refractivity contribution < 1.29 is 14.0 Å². The SMILES string of the molecule is O=P1(O)C=C(c2ccc(Br)cc2)c2cc(Cl)ccc2O1. The van der Waals surface area contributed by atoms with Crippen molar-refractivity contribution in [3.05, 3.63) is 68.9 Å². The third kappa shape index (κ3) is 2.70. The fraction of sp³-hybridized carbons (Fsp3) is 0. The molecular weight excluding hydrogens is 362 g/mol. The van der Waals surface area contributed by atoms with Crippen LogP contribution in [0, 0.1) is 0 Å². The first kappa shape index (κ1) is 13.9. The lowest BCUT2D eigenvalue weighted by Gasteiger charge is -2.22. The van der Waals surface area contributed by atoms with E-state index in [4.69, 9.17) is 16.1 Å². The molecule has 0 spiro atoms. The molecule has 1 atom stereocenters. The molecule has 0 bridgehead atoms. The highest BCUT2D eigenvalue weighted by atomic mass is 79.9. The first-order valence-electron chi connectivity index (χ1n) is 5.75. The third-order valence-corrected chi connectivity index (χ3v) is 4.71. The molecule has 6 heteroatoms. The second-order valence-electron chi connectivity index (χ2n) is 4.35. The number of rotatable bonds is 1. The van der Waals surface area contributed by atoms with E-state index in [-0.39, 0.29) is 0 Å². The van der Waals surface area contributed by atoms with Gasteiger partial charge in [-0.15, -0.1) is 0 Å². The Hall–Kier alpha value is -1.06. The minimum Gasteiger partial charge on any atom is -0.421 e. The summed E-state index contributed by atoms with van der Waals surface area (Å²) >= 11 is 9.37. The van der Waals surface area contributed by atoms with E-state index in [1.54, 1.807) is 18.2 Å². The van der Waals surface area contributed by atoms with Gasteiger partial charge in [0, 0.05) is 26.4 Å². The highest BCUT2D eigenvalue weighted by Gasteiger charge is 2.28. The largest absolute Gasteiger partial charge is 0.421 e. The Labute approximate surface area is 129 Å². The summed E-state index contributed by atoms with van der Waals surface area (Å²) in [6, 6.07) is 12.4. The number of hydrogen-bond acceptors (Lipinski definition) is 2. The predicted octanol–water partition coefficient (Wildman–Crippen LogP) is 5.07. The van der Waals surface area contributed by atoms with E-state index in [9.17, 15) is 9.46 Å². The lowest BCUT2D eigenvalue weighted by atomic mass is 9.99. The van der Waals surface area contributed by atoms with Crippen LogP contribution in [-0.2, 0) is 4.57 Å². The van der Waals surface area contributed by atoms with E-state index in [1.807, 2.05) is 24.3 Å². The van der Waals surface area contributed by atoms with Crippen LogP contribution in [0.15, 0.2) is 52.8 Å². The van der Waals surface area contributed by atoms with Gasteiger partial charge in [0.05, 0.1) is 0 Å². The van der Waals surface area contributed by atoms with Crippen LogP contribution >= 0.6 is 35.1 Å². The van der Waals surface area contributed by atoms with Crippen LogP contribution in [0.3, 0.4) is 0 Å². The lowest BCUT2D eigenvalue weighted by Crippen LogP contribution is -2.02. The monoisotopic (exact) mass is 370 g/mol. The van der Waals surface area contributed by atoms with Crippen LogP contribution in [0.25, 0.3) is 5.57 Å². The summed E-state index contributed by atoms with van der Waals surface area (Å²) in [4.78, 5) is 9.79. The average Bonchev–Trinajstić information content (AvgIpc) is 2.39. The molecule has 1 aliphatic rings. The van der Waals surface area contributed by atoms with Crippen molar-refractivity contribution in [3.63, 3.8) is 0 Å². The normalized spacial score (nSPS) is 20.9. The van der Waals surface area contributed by atoms with Gasteiger partial charge < -0.3 is 9.42 Å². The zero-order chi connectivity index (χ0) is 14.3. The molecule has 1 aliphatic heterocycles. The van der Waals surface area contributed by atoms with Crippen molar-refractivity contribution in [2.24, 2.45) is 0 Å². The van der Waals surface area contributed by atoms with E-state index >= 15 is 0 Å². The highest BCUT2D eigenvalue weighted by molar-refractivity contribution is 9.10. The van der Waals surface area contributed by atoms with Crippen molar-refractivity contribution in [2.75, 3.05) is 0 Å². The summed E-state index contributed by atoms with van der Waals surface area (Å²) in [5.41, 5.74) is 2.18. The van der Waals surface area contributed by atoms with Crippen molar-refractivity contribution >= 4 is 40.7 Å². The van der Waals surface area contributed by atoms with Gasteiger partial charge in [-0.25, -0.2) is 4.57 Å². The second kappa shape index (κ2) is 5.05. The standard InChI is InChI=1S/C14H9BrClO3P/c15-10-3-1-9(2-4-10)13-8-20(17,18)19-14-6-5-11(16)7-12(13)14/h1-8H,(H,17,18). The van der Waals surface area contributed by atoms with Gasteiger partial charge in [-0.1, -0.05) is 39.7 Å². The van der Waals surface area contributed by atoms with Gasteiger partial charge in [0.25, 0.3) is 0 Å². The lowest BCUT2D eigenvalue weighted by molar-refractivity contribution is 0.390. The van der Waals surface area contributed by atoms with Crippen LogP contribution in [0.5, 0.6) is 5.75 Å². The summed E-state index contributed by atoms with van der Waals surface area (Å²) in [7, 11) is -3.78. The van der Waals surface area contributed by atoms with Gasteiger partial charge in [0.1, 0.15) is 5.75 Å². The molecule has 102 valence electrons. The molecule has 1 unspecified atom stereocenters. The second-order valence-corrected chi connectivity index (χ2v) is 7.27. The summed E-state index contributed by atoms with van der Waals surface area (Å²) in [6.45, 7) is 0. The molecule has 0 saturated carbocycles. The smallest absolute Gasteiger partial charge is 0.401 e. The Morgan fingerprint density at radius 2 is 1.85 bits per heavy atom. The Morgan fingerprint density at radius 3 is 2.55 bits per heavy atom. The van der Waals surface area contributed by atoms with Gasteiger partial charge in [0.2, 0.25) is 0 Å². The van der Waals surface area contributed by atoms with E-state index in [0.717, 1.165) is 10.0 Å². The van der Waals surface area contributed by atoms with E-state index in [1.165, 1.54) is 5.82 Å². The highest BCUT2D eigenvalue weighted by Crippen LogP contribution is 2.54. The molecule has 0 fully saturated rings. The van der Waals surface area contributed by atoms with Gasteiger partial charge in [0.15, 0.2) is 0 Å². The van der Waals surface area contributed by atoms with Crippen molar-refractivity contribution in [2.45, 2.75) is 0 Å². The van der Waals surface area contributed by atoms with E-state index in [2.05, 4.69) is 15.9 Å². The zero-order valence-corrected chi connectivity index (χ0v) is 13.3. The molecule has 0 radical (unpaired) electrons. The summed E-state index contributed by atoms with van der Waals surface area (Å²) in [5, 5.41) is 0.546. The maximum Gasteiger partial charge on any atom is 0.401 e. The van der Waals surface area contributed by atoms with Crippen molar-refractivity contribution in [3.8, 4) is 5.75 Å². The summed E-state index contributed by atoms with van der Waals surface area (Å²) in [6.07, 6.45) is 0. The predicted molar refractivity (Wildman–Crippen MR) is 83.1 cm³/mol. The minimum absolute atomic E-state index is 0.362.